The van der Waals surface area contributed by atoms with Gasteiger partial charge in [0.05, 0.1) is 22.1 Å². The van der Waals surface area contributed by atoms with Gasteiger partial charge in [-0.3, -0.25) is 0 Å². The first-order chi connectivity index (χ1) is 9.63. The van der Waals surface area contributed by atoms with Crippen molar-refractivity contribution in [3.63, 3.8) is 0 Å². The molecular weight excluding hydrogens is 299 g/mol. The molecule has 0 spiro atoms. The van der Waals surface area contributed by atoms with Gasteiger partial charge in [0.25, 0.3) is 0 Å². The summed E-state index contributed by atoms with van der Waals surface area (Å²) in [5, 5.41) is 4.27. The number of ether oxygens (including phenoxy) is 2. The van der Waals surface area contributed by atoms with E-state index >= 15 is 0 Å². The molecule has 2 aromatic carbocycles. The molecule has 2 aromatic rings. The van der Waals surface area contributed by atoms with E-state index in [1.165, 1.54) is 0 Å². The minimum absolute atomic E-state index is 0.520. The molecule has 0 amide bonds. The average Bonchev–Trinajstić information content (AvgIpc) is 2.42. The predicted molar refractivity (Wildman–Crippen MR) is 81.6 cm³/mol. The molecule has 0 saturated heterocycles. The van der Waals surface area contributed by atoms with E-state index < -0.39 is 0 Å². The van der Waals surface area contributed by atoms with Crippen molar-refractivity contribution in [3.8, 4) is 11.5 Å². The van der Waals surface area contributed by atoms with Crippen molar-refractivity contribution in [2.75, 3.05) is 24.3 Å². The summed E-state index contributed by atoms with van der Waals surface area (Å²) in [5.41, 5.74) is 7.99. The summed E-state index contributed by atoms with van der Waals surface area (Å²) in [6.45, 7) is 1.06. The van der Waals surface area contributed by atoms with Crippen molar-refractivity contribution in [2.24, 2.45) is 0 Å². The lowest BCUT2D eigenvalue weighted by Crippen LogP contribution is -2.15. The zero-order valence-electron chi connectivity index (χ0n) is 10.5. The normalized spacial score (nSPS) is 13.1. The molecule has 20 heavy (non-hydrogen) atoms. The van der Waals surface area contributed by atoms with Crippen LogP contribution in [0.4, 0.5) is 17.1 Å². The number of hydrogen-bond donors (Lipinski definition) is 2. The van der Waals surface area contributed by atoms with E-state index in [-0.39, 0.29) is 0 Å². The molecule has 0 unspecified atom stereocenters. The van der Waals surface area contributed by atoms with Gasteiger partial charge in [0.15, 0.2) is 11.5 Å². The zero-order valence-corrected chi connectivity index (χ0v) is 12.0. The minimum atomic E-state index is 0.520. The summed E-state index contributed by atoms with van der Waals surface area (Å²) in [6.07, 6.45) is 0. The Balaban J connectivity index is 1.94. The molecular formula is C14H12Cl2N2O2. The van der Waals surface area contributed by atoms with Crippen LogP contribution in [0.15, 0.2) is 30.3 Å². The van der Waals surface area contributed by atoms with E-state index in [0.717, 1.165) is 5.69 Å². The first-order valence-electron chi connectivity index (χ1n) is 6.04. The number of anilines is 3. The third kappa shape index (κ3) is 2.57. The van der Waals surface area contributed by atoms with Gasteiger partial charge in [0.1, 0.15) is 13.2 Å². The summed E-state index contributed by atoms with van der Waals surface area (Å²) < 4.78 is 11.0. The van der Waals surface area contributed by atoms with Crippen LogP contribution in [0, 0.1) is 0 Å². The van der Waals surface area contributed by atoms with Crippen molar-refractivity contribution < 1.29 is 9.47 Å². The van der Waals surface area contributed by atoms with Crippen molar-refractivity contribution in [3.05, 3.63) is 40.4 Å². The maximum atomic E-state index is 6.13. The van der Waals surface area contributed by atoms with Gasteiger partial charge >= 0.3 is 0 Å². The third-order valence-corrected chi connectivity index (χ3v) is 3.46. The zero-order chi connectivity index (χ0) is 14.1. The number of halogens is 2. The Kier molecular flexibility index (Phi) is 3.51. The van der Waals surface area contributed by atoms with Crippen LogP contribution in [0.3, 0.4) is 0 Å². The second-order valence-corrected chi connectivity index (χ2v) is 5.18. The first kappa shape index (κ1) is 13.2. The molecule has 0 saturated carbocycles. The molecule has 3 rings (SSSR count). The molecule has 1 aliphatic rings. The van der Waals surface area contributed by atoms with Crippen LogP contribution in [-0.4, -0.2) is 13.2 Å². The smallest absolute Gasteiger partial charge is 0.163 e. The number of rotatable bonds is 2. The van der Waals surface area contributed by atoms with E-state index in [2.05, 4.69) is 5.32 Å². The third-order valence-electron chi connectivity index (χ3n) is 2.91. The van der Waals surface area contributed by atoms with Crippen LogP contribution in [0.25, 0.3) is 0 Å². The predicted octanol–water partition coefficient (Wildman–Crippen LogP) is 4.09. The highest BCUT2D eigenvalue weighted by Crippen LogP contribution is 2.39. The van der Waals surface area contributed by atoms with Crippen LogP contribution < -0.4 is 20.5 Å². The number of nitrogens with one attached hydrogen (secondary N) is 1. The maximum Gasteiger partial charge on any atom is 0.163 e. The average molecular weight is 311 g/mol. The molecule has 0 bridgehead atoms. The fraction of sp³-hybridized carbons (Fsp3) is 0.143. The number of nitrogen functional groups attached to an aromatic ring is 1. The number of nitrogens with two attached hydrogens (primary N) is 1. The number of hydrogen-bond acceptors (Lipinski definition) is 4. The topological polar surface area (TPSA) is 56.5 Å². The van der Waals surface area contributed by atoms with Gasteiger partial charge < -0.3 is 20.5 Å². The number of benzene rings is 2. The van der Waals surface area contributed by atoms with Crippen LogP contribution >= 0.6 is 23.2 Å². The molecule has 0 fully saturated rings. The van der Waals surface area contributed by atoms with E-state index in [0.29, 0.717) is 46.1 Å². The molecule has 1 heterocycles. The Hall–Kier alpha value is -1.78. The van der Waals surface area contributed by atoms with Crippen LogP contribution in [0.1, 0.15) is 0 Å². The highest BCUT2D eigenvalue weighted by Gasteiger charge is 2.15. The van der Waals surface area contributed by atoms with Gasteiger partial charge in [-0.25, -0.2) is 0 Å². The first-order valence-corrected chi connectivity index (χ1v) is 6.80. The van der Waals surface area contributed by atoms with Gasteiger partial charge in [-0.1, -0.05) is 23.2 Å². The Bertz CT molecular complexity index is 662. The van der Waals surface area contributed by atoms with Crippen LogP contribution in [0.5, 0.6) is 11.5 Å². The highest BCUT2D eigenvalue weighted by atomic mass is 35.5. The quantitative estimate of drug-likeness (QED) is 0.820. The standard InChI is InChI=1S/C14H12Cl2N2O2/c15-8-1-2-11(9(16)5-8)18-12-7-14-13(6-10(12)17)19-3-4-20-14/h1-2,5-7,18H,3-4,17H2. The molecule has 0 radical (unpaired) electrons. The monoisotopic (exact) mass is 310 g/mol. The maximum absolute atomic E-state index is 6.13. The van der Waals surface area contributed by atoms with Crippen molar-refractivity contribution in [1.29, 1.82) is 0 Å². The lowest BCUT2D eigenvalue weighted by molar-refractivity contribution is 0.172. The van der Waals surface area contributed by atoms with Gasteiger partial charge in [0.2, 0.25) is 0 Å². The molecule has 0 aliphatic carbocycles. The second-order valence-electron chi connectivity index (χ2n) is 4.33. The van der Waals surface area contributed by atoms with Crippen LogP contribution in [-0.2, 0) is 0 Å². The van der Waals surface area contributed by atoms with Gasteiger partial charge in [-0.05, 0) is 18.2 Å². The summed E-state index contributed by atoms with van der Waals surface area (Å²) in [6, 6.07) is 8.75. The SMILES string of the molecule is Nc1cc2c(cc1Nc1ccc(Cl)cc1Cl)OCCO2. The van der Waals surface area contributed by atoms with Crippen molar-refractivity contribution in [1.82, 2.24) is 0 Å². The largest absolute Gasteiger partial charge is 0.486 e. The molecule has 4 nitrogen and oxygen atoms in total. The van der Waals surface area contributed by atoms with E-state index in [1.807, 2.05) is 0 Å². The van der Waals surface area contributed by atoms with Crippen molar-refractivity contribution in [2.45, 2.75) is 0 Å². The fourth-order valence-electron chi connectivity index (χ4n) is 1.95. The lowest BCUT2D eigenvalue weighted by Gasteiger charge is -2.20. The Morgan fingerprint density at radius 2 is 1.65 bits per heavy atom. The number of fused-ring (bicyclic) bond motifs is 1. The summed E-state index contributed by atoms with van der Waals surface area (Å²) >= 11 is 12.0. The Morgan fingerprint density at radius 3 is 2.35 bits per heavy atom. The molecule has 0 atom stereocenters. The highest BCUT2D eigenvalue weighted by molar-refractivity contribution is 6.36. The van der Waals surface area contributed by atoms with E-state index in [4.69, 9.17) is 38.4 Å². The second kappa shape index (κ2) is 5.31. The lowest BCUT2D eigenvalue weighted by atomic mass is 10.2. The molecule has 3 N–H and O–H groups in total. The van der Waals surface area contributed by atoms with Crippen molar-refractivity contribution >= 4 is 40.3 Å². The van der Waals surface area contributed by atoms with E-state index in [1.54, 1.807) is 30.3 Å². The molecule has 0 aromatic heterocycles. The minimum Gasteiger partial charge on any atom is -0.486 e. The summed E-state index contributed by atoms with van der Waals surface area (Å²) in [4.78, 5) is 0. The Labute approximate surface area is 126 Å². The molecule has 104 valence electrons. The summed E-state index contributed by atoms with van der Waals surface area (Å²) in [5.74, 6) is 1.32. The van der Waals surface area contributed by atoms with Gasteiger partial charge in [0, 0.05) is 17.2 Å². The van der Waals surface area contributed by atoms with E-state index in [9.17, 15) is 0 Å². The Morgan fingerprint density at radius 1 is 0.950 bits per heavy atom. The van der Waals surface area contributed by atoms with Gasteiger partial charge in [-0.15, -0.1) is 0 Å². The van der Waals surface area contributed by atoms with Crippen LogP contribution in [0.2, 0.25) is 10.0 Å². The summed E-state index contributed by atoms with van der Waals surface area (Å²) in [7, 11) is 0. The molecule has 1 aliphatic heterocycles. The molecule has 6 heteroatoms. The van der Waals surface area contributed by atoms with Gasteiger partial charge in [-0.2, -0.15) is 0 Å². The fourth-order valence-corrected chi connectivity index (χ4v) is 2.40.